The fourth-order valence-electron chi connectivity index (χ4n) is 7.90. The molecule has 8 rings (SSSR count). The lowest BCUT2D eigenvalue weighted by Gasteiger charge is -2.40. The molecular weight excluding hydrogens is 517 g/mol. The molecule has 1 unspecified atom stereocenters. The number of rotatable bonds is 3. The quantitative estimate of drug-likeness (QED) is 0.250. The molecule has 2 heterocycles. The van der Waals surface area contributed by atoms with Crippen molar-refractivity contribution in [2.24, 2.45) is 0 Å². The van der Waals surface area contributed by atoms with E-state index in [1.54, 1.807) is 12.1 Å². The first-order chi connectivity index (χ1) is 20.5. The summed E-state index contributed by atoms with van der Waals surface area (Å²) in [7, 11) is 0. The summed E-state index contributed by atoms with van der Waals surface area (Å²) in [6.45, 7) is 6.69. The number of hydrogen-bond acceptors (Lipinski definition) is 2. The molecule has 2 aliphatic carbocycles. The number of nitrogens with zero attached hydrogens (tertiary/aromatic N) is 1. The zero-order valence-corrected chi connectivity index (χ0v) is 24.4. The molecule has 0 aromatic heterocycles. The minimum Gasteiger partial charge on any atom is -0.473 e. The van der Waals surface area contributed by atoms with Crippen molar-refractivity contribution >= 4 is 22.5 Å². The zero-order valence-electron chi connectivity index (χ0n) is 24.4. The van der Waals surface area contributed by atoms with Gasteiger partial charge in [-0.1, -0.05) is 80.6 Å². The molecule has 4 aliphatic rings. The van der Waals surface area contributed by atoms with Crippen LogP contribution in [0.25, 0.3) is 28.0 Å². The van der Waals surface area contributed by atoms with Crippen LogP contribution in [0.15, 0.2) is 96.6 Å². The van der Waals surface area contributed by atoms with E-state index < -0.39 is 5.60 Å². The van der Waals surface area contributed by atoms with Gasteiger partial charge < -0.3 is 9.64 Å². The summed E-state index contributed by atoms with van der Waals surface area (Å²) in [4.78, 5) is 2.51. The first-order valence-electron chi connectivity index (χ1n) is 15.5. The van der Waals surface area contributed by atoms with Gasteiger partial charge in [0.1, 0.15) is 11.6 Å². The first kappa shape index (κ1) is 25.6. The number of hydrogen-bond donors (Lipinski definition) is 0. The van der Waals surface area contributed by atoms with Crippen molar-refractivity contribution in [3.05, 3.63) is 125 Å². The largest absolute Gasteiger partial charge is 0.473 e. The number of halogens is 1. The molecule has 1 saturated heterocycles. The van der Waals surface area contributed by atoms with Crippen LogP contribution in [0.2, 0.25) is 0 Å². The molecule has 0 spiro atoms. The number of benzene rings is 4. The summed E-state index contributed by atoms with van der Waals surface area (Å²) in [5.41, 5.74) is 8.35. The SMILES string of the molecule is CC1(C)c2cc(F)ccc2-c2c1c1c(c3ccccc23)OC(C2=CC=CCC2)(c2ccc(N3CCCCC3)cc2)C=C1. The van der Waals surface area contributed by atoms with Gasteiger partial charge in [0.05, 0.1) is 0 Å². The standard InChI is InChI=1S/C39H36FNO/c1-38(2)34-25-28(40)17-20-32(34)35-30-13-7-8-14-31(30)37-33(36(35)38)21-22-39(42-37,26-11-5-3-6-12-26)27-15-18-29(19-16-27)41-23-9-4-10-24-41/h3,5,7-8,11,13-22,25H,4,6,9-10,12,23-24H2,1-2H3. The fraction of sp³-hybridized carbons (Fsp3) is 0.282. The molecule has 0 bridgehead atoms. The third-order valence-electron chi connectivity index (χ3n) is 10.0. The molecule has 3 heteroatoms. The molecule has 2 aliphatic heterocycles. The lowest BCUT2D eigenvalue weighted by atomic mass is 9.76. The minimum atomic E-state index is -0.698. The second-order valence-electron chi connectivity index (χ2n) is 12.8. The second-order valence-corrected chi connectivity index (χ2v) is 12.8. The van der Waals surface area contributed by atoms with Crippen LogP contribution in [0, 0.1) is 5.82 Å². The maximum absolute atomic E-state index is 14.6. The molecule has 210 valence electrons. The van der Waals surface area contributed by atoms with Gasteiger partial charge in [0.25, 0.3) is 0 Å². The van der Waals surface area contributed by atoms with Crippen LogP contribution in [0.3, 0.4) is 0 Å². The van der Waals surface area contributed by atoms with E-state index in [4.69, 9.17) is 4.74 Å². The molecule has 1 fully saturated rings. The first-order valence-corrected chi connectivity index (χ1v) is 15.5. The Morgan fingerprint density at radius 3 is 2.43 bits per heavy atom. The van der Waals surface area contributed by atoms with Crippen LogP contribution in [-0.2, 0) is 11.0 Å². The molecule has 0 saturated carbocycles. The van der Waals surface area contributed by atoms with E-state index in [9.17, 15) is 4.39 Å². The summed E-state index contributed by atoms with van der Waals surface area (Å²) in [6, 6.07) is 23.0. The highest BCUT2D eigenvalue weighted by molar-refractivity contribution is 6.08. The van der Waals surface area contributed by atoms with Crippen molar-refractivity contribution in [2.45, 2.75) is 57.0 Å². The lowest BCUT2D eigenvalue weighted by Crippen LogP contribution is -2.36. The summed E-state index contributed by atoms with van der Waals surface area (Å²) >= 11 is 0. The van der Waals surface area contributed by atoms with E-state index in [0.717, 1.165) is 64.7 Å². The molecule has 4 aromatic carbocycles. The Kier molecular flexibility index (Phi) is 5.76. The Hall–Kier alpha value is -4.11. The van der Waals surface area contributed by atoms with E-state index in [2.05, 4.69) is 97.7 Å². The van der Waals surface area contributed by atoms with Gasteiger partial charge in [0, 0.05) is 40.7 Å². The Morgan fingerprint density at radius 2 is 1.67 bits per heavy atom. The minimum absolute atomic E-state index is 0.191. The van der Waals surface area contributed by atoms with Crippen LogP contribution in [0.4, 0.5) is 10.1 Å². The molecule has 0 amide bonds. The highest BCUT2D eigenvalue weighted by atomic mass is 19.1. The number of anilines is 1. The van der Waals surface area contributed by atoms with Gasteiger partial charge in [-0.25, -0.2) is 4.39 Å². The predicted molar refractivity (Wildman–Crippen MR) is 172 cm³/mol. The van der Waals surface area contributed by atoms with Gasteiger partial charge in [-0.15, -0.1) is 0 Å². The molecule has 42 heavy (non-hydrogen) atoms. The second kappa shape index (κ2) is 9.46. The Bertz CT molecular complexity index is 1820. The molecule has 2 nitrogen and oxygen atoms in total. The lowest BCUT2D eigenvalue weighted by molar-refractivity contribution is 0.154. The molecule has 1 atom stereocenters. The van der Waals surface area contributed by atoms with Crippen LogP contribution in [0.5, 0.6) is 5.75 Å². The maximum Gasteiger partial charge on any atom is 0.174 e. The third kappa shape index (κ3) is 3.68. The number of ether oxygens (including phenoxy) is 1. The number of fused-ring (bicyclic) bond motifs is 8. The van der Waals surface area contributed by atoms with Crippen molar-refractivity contribution < 1.29 is 9.13 Å². The van der Waals surface area contributed by atoms with Gasteiger partial charge in [-0.2, -0.15) is 0 Å². The summed E-state index contributed by atoms with van der Waals surface area (Å²) in [5, 5.41) is 2.26. The topological polar surface area (TPSA) is 12.5 Å². The predicted octanol–water partition coefficient (Wildman–Crippen LogP) is 9.85. The van der Waals surface area contributed by atoms with Crippen molar-refractivity contribution in [3.8, 4) is 16.9 Å². The van der Waals surface area contributed by atoms with E-state index in [0.29, 0.717) is 0 Å². The van der Waals surface area contributed by atoms with Gasteiger partial charge in [0.2, 0.25) is 0 Å². The molecule has 0 N–H and O–H groups in total. The van der Waals surface area contributed by atoms with Crippen LogP contribution in [0.1, 0.15) is 68.2 Å². The van der Waals surface area contributed by atoms with Crippen LogP contribution < -0.4 is 9.64 Å². The molecule has 0 radical (unpaired) electrons. The Labute approximate surface area is 247 Å². The average molecular weight is 554 g/mol. The maximum atomic E-state index is 14.6. The number of piperidine rings is 1. The number of allylic oxidation sites excluding steroid dienone is 3. The van der Waals surface area contributed by atoms with Crippen molar-refractivity contribution in [3.63, 3.8) is 0 Å². The van der Waals surface area contributed by atoms with Crippen LogP contribution in [-0.4, -0.2) is 13.1 Å². The van der Waals surface area contributed by atoms with Crippen LogP contribution >= 0.6 is 0 Å². The smallest absolute Gasteiger partial charge is 0.174 e. The van der Waals surface area contributed by atoms with Crippen molar-refractivity contribution in [1.82, 2.24) is 0 Å². The normalized spacial score (nSPS) is 21.9. The highest BCUT2D eigenvalue weighted by Gasteiger charge is 2.45. The average Bonchev–Trinajstić information content (AvgIpc) is 3.28. The van der Waals surface area contributed by atoms with Gasteiger partial charge in [-0.05, 0) is 95.7 Å². The van der Waals surface area contributed by atoms with Crippen molar-refractivity contribution in [1.29, 1.82) is 0 Å². The van der Waals surface area contributed by atoms with Gasteiger partial charge >= 0.3 is 0 Å². The Balaban J connectivity index is 1.34. The molecular formula is C39H36FNO. The summed E-state index contributed by atoms with van der Waals surface area (Å²) in [6.07, 6.45) is 17.0. The van der Waals surface area contributed by atoms with Gasteiger partial charge in [0.15, 0.2) is 5.60 Å². The third-order valence-corrected chi connectivity index (χ3v) is 10.0. The monoisotopic (exact) mass is 553 g/mol. The Morgan fingerprint density at radius 1 is 0.881 bits per heavy atom. The van der Waals surface area contributed by atoms with Gasteiger partial charge in [-0.3, -0.25) is 0 Å². The summed E-state index contributed by atoms with van der Waals surface area (Å²) < 4.78 is 22.0. The van der Waals surface area contributed by atoms with E-state index >= 15 is 0 Å². The van der Waals surface area contributed by atoms with Crippen molar-refractivity contribution in [2.75, 3.05) is 18.0 Å². The van der Waals surface area contributed by atoms with E-state index in [1.807, 2.05) is 6.07 Å². The highest BCUT2D eigenvalue weighted by Crippen LogP contribution is 2.58. The van der Waals surface area contributed by atoms with E-state index in [1.165, 1.54) is 41.6 Å². The fourth-order valence-corrected chi connectivity index (χ4v) is 7.90. The van der Waals surface area contributed by atoms with E-state index in [-0.39, 0.29) is 11.2 Å². The zero-order chi connectivity index (χ0) is 28.5. The summed E-state index contributed by atoms with van der Waals surface area (Å²) in [5.74, 6) is 0.729. The molecule has 4 aromatic rings.